The maximum atomic E-state index is 12.3. The fraction of sp³-hybridized carbons (Fsp3) is 0.632. The molecule has 3 N–H and O–H groups in total. The van der Waals surface area contributed by atoms with Gasteiger partial charge in [-0.1, -0.05) is 25.0 Å². The first kappa shape index (κ1) is 17.1. The Bertz CT molecular complexity index is 552. The van der Waals surface area contributed by atoms with Crippen molar-refractivity contribution in [1.29, 1.82) is 0 Å². The number of ether oxygens (including phenoxy) is 1. The molecular weight excluding hydrogens is 304 g/mol. The van der Waals surface area contributed by atoms with E-state index in [1.54, 1.807) is 12.1 Å². The van der Waals surface area contributed by atoms with Gasteiger partial charge in [0.05, 0.1) is 5.60 Å². The van der Waals surface area contributed by atoms with E-state index in [-0.39, 0.29) is 29.5 Å². The molecule has 0 bridgehead atoms. The van der Waals surface area contributed by atoms with Crippen LogP contribution in [0.15, 0.2) is 24.3 Å². The van der Waals surface area contributed by atoms with Crippen LogP contribution in [0, 0.1) is 0 Å². The summed E-state index contributed by atoms with van der Waals surface area (Å²) < 4.78 is 6.02. The number of urea groups is 1. The van der Waals surface area contributed by atoms with Crippen molar-refractivity contribution in [3.63, 3.8) is 0 Å². The molecule has 1 aromatic carbocycles. The Kier molecular flexibility index (Phi) is 5.29. The lowest BCUT2D eigenvalue weighted by Crippen LogP contribution is -2.51. The van der Waals surface area contributed by atoms with Crippen LogP contribution in [0.2, 0.25) is 0 Å². The van der Waals surface area contributed by atoms with Gasteiger partial charge >= 0.3 is 6.03 Å². The fourth-order valence-corrected chi connectivity index (χ4v) is 4.01. The van der Waals surface area contributed by atoms with Crippen LogP contribution < -0.4 is 10.6 Å². The SMILES string of the molecule is C[C@@H](Cc1ccc(O)cc1)NC(=O)N[C@@H]1CCOC2(CCCC2)C1. The van der Waals surface area contributed by atoms with Gasteiger partial charge in [-0.05, 0) is 56.7 Å². The molecular formula is C19H28N2O3. The van der Waals surface area contributed by atoms with Crippen LogP contribution in [0.3, 0.4) is 0 Å². The van der Waals surface area contributed by atoms with Gasteiger partial charge in [-0.2, -0.15) is 0 Å². The zero-order valence-corrected chi connectivity index (χ0v) is 14.4. The van der Waals surface area contributed by atoms with Gasteiger partial charge in [0.15, 0.2) is 0 Å². The van der Waals surface area contributed by atoms with Crippen LogP contribution in [0.5, 0.6) is 5.75 Å². The molecule has 2 atom stereocenters. The molecule has 1 saturated carbocycles. The molecule has 1 spiro atoms. The van der Waals surface area contributed by atoms with E-state index in [1.165, 1.54) is 12.8 Å². The predicted molar refractivity (Wildman–Crippen MR) is 93.1 cm³/mol. The number of amides is 2. The smallest absolute Gasteiger partial charge is 0.315 e. The number of hydrogen-bond acceptors (Lipinski definition) is 3. The summed E-state index contributed by atoms with van der Waals surface area (Å²) in [6, 6.07) is 7.26. The van der Waals surface area contributed by atoms with Crippen molar-refractivity contribution in [1.82, 2.24) is 10.6 Å². The van der Waals surface area contributed by atoms with Crippen molar-refractivity contribution in [3.8, 4) is 5.75 Å². The lowest BCUT2D eigenvalue weighted by atomic mass is 9.89. The van der Waals surface area contributed by atoms with E-state index in [2.05, 4.69) is 10.6 Å². The van der Waals surface area contributed by atoms with Gasteiger partial charge in [-0.25, -0.2) is 4.79 Å². The maximum absolute atomic E-state index is 12.3. The molecule has 1 saturated heterocycles. The summed E-state index contributed by atoms with van der Waals surface area (Å²) in [5.74, 6) is 0.262. The average Bonchev–Trinajstić information content (AvgIpc) is 2.97. The first-order valence-electron chi connectivity index (χ1n) is 9.04. The van der Waals surface area contributed by atoms with E-state index in [9.17, 15) is 9.90 Å². The van der Waals surface area contributed by atoms with Crippen molar-refractivity contribution < 1.29 is 14.6 Å². The highest BCUT2D eigenvalue weighted by Crippen LogP contribution is 2.39. The number of carbonyl (C=O) groups is 1. The minimum Gasteiger partial charge on any atom is -0.508 e. The maximum Gasteiger partial charge on any atom is 0.315 e. The first-order chi connectivity index (χ1) is 11.5. The van der Waals surface area contributed by atoms with E-state index in [0.717, 1.165) is 44.3 Å². The third-order valence-electron chi connectivity index (χ3n) is 5.20. The van der Waals surface area contributed by atoms with E-state index >= 15 is 0 Å². The molecule has 2 amide bonds. The Morgan fingerprint density at radius 1 is 1.33 bits per heavy atom. The van der Waals surface area contributed by atoms with Crippen LogP contribution in [-0.2, 0) is 11.2 Å². The standard InChI is InChI=1S/C19H28N2O3/c1-14(12-15-4-6-17(22)7-5-15)20-18(23)21-16-8-11-24-19(13-16)9-2-3-10-19/h4-7,14,16,22H,2-3,8-13H2,1H3,(H2,20,21,23)/t14-,16+/m0/s1. The topological polar surface area (TPSA) is 70.6 Å². The van der Waals surface area contributed by atoms with Crippen LogP contribution >= 0.6 is 0 Å². The summed E-state index contributed by atoms with van der Waals surface area (Å²) >= 11 is 0. The van der Waals surface area contributed by atoms with Gasteiger partial charge in [0, 0.05) is 18.7 Å². The first-order valence-corrected chi connectivity index (χ1v) is 9.04. The van der Waals surface area contributed by atoms with Crippen molar-refractivity contribution in [2.24, 2.45) is 0 Å². The molecule has 1 aromatic rings. The second kappa shape index (κ2) is 7.43. The van der Waals surface area contributed by atoms with Crippen molar-refractivity contribution in [3.05, 3.63) is 29.8 Å². The molecule has 3 rings (SSSR count). The Labute approximate surface area is 143 Å². The number of rotatable bonds is 4. The molecule has 1 aliphatic heterocycles. The molecule has 0 unspecified atom stereocenters. The number of benzene rings is 1. The zero-order chi connectivity index (χ0) is 17.0. The normalized spacial score (nSPS) is 23.8. The Morgan fingerprint density at radius 2 is 2.04 bits per heavy atom. The van der Waals surface area contributed by atoms with Crippen molar-refractivity contribution in [2.75, 3.05) is 6.61 Å². The lowest BCUT2D eigenvalue weighted by Gasteiger charge is -2.38. The molecule has 0 aromatic heterocycles. The number of nitrogens with one attached hydrogen (secondary N) is 2. The van der Waals surface area contributed by atoms with Gasteiger partial charge < -0.3 is 20.5 Å². The molecule has 5 nitrogen and oxygen atoms in total. The number of phenols is 1. The highest BCUT2D eigenvalue weighted by molar-refractivity contribution is 5.74. The molecule has 1 aliphatic carbocycles. The molecule has 5 heteroatoms. The monoisotopic (exact) mass is 332 g/mol. The summed E-state index contributed by atoms with van der Waals surface area (Å²) in [6.07, 6.45) is 7.30. The highest BCUT2D eigenvalue weighted by atomic mass is 16.5. The molecule has 1 heterocycles. The Balaban J connectivity index is 1.45. The van der Waals surface area contributed by atoms with E-state index < -0.39 is 0 Å². The Hall–Kier alpha value is -1.75. The number of carbonyl (C=O) groups excluding carboxylic acids is 1. The highest BCUT2D eigenvalue weighted by Gasteiger charge is 2.40. The van der Waals surface area contributed by atoms with E-state index in [4.69, 9.17) is 4.74 Å². The summed E-state index contributed by atoms with van der Waals surface area (Å²) in [5.41, 5.74) is 1.12. The van der Waals surface area contributed by atoms with Crippen molar-refractivity contribution >= 4 is 6.03 Å². The second-order valence-electron chi connectivity index (χ2n) is 7.32. The van der Waals surface area contributed by atoms with Gasteiger partial charge in [-0.15, -0.1) is 0 Å². The van der Waals surface area contributed by atoms with Crippen molar-refractivity contribution in [2.45, 2.75) is 69.6 Å². The third kappa shape index (κ3) is 4.41. The molecule has 132 valence electrons. The van der Waals surface area contributed by atoms with Gasteiger partial charge in [0.2, 0.25) is 0 Å². The quantitative estimate of drug-likeness (QED) is 0.793. The lowest BCUT2D eigenvalue weighted by molar-refractivity contribution is -0.0820. The summed E-state index contributed by atoms with van der Waals surface area (Å²) in [6.45, 7) is 2.74. The zero-order valence-electron chi connectivity index (χ0n) is 14.4. The number of phenolic OH excluding ortho intramolecular Hbond substituents is 1. The summed E-state index contributed by atoms with van der Waals surface area (Å²) in [4.78, 5) is 12.3. The molecule has 24 heavy (non-hydrogen) atoms. The second-order valence-corrected chi connectivity index (χ2v) is 7.32. The fourth-order valence-electron chi connectivity index (χ4n) is 4.01. The van der Waals surface area contributed by atoms with E-state index in [0.29, 0.717) is 0 Å². The average molecular weight is 332 g/mol. The minimum absolute atomic E-state index is 0.0217. The molecule has 0 radical (unpaired) electrons. The minimum atomic E-state index is -0.0960. The van der Waals surface area contributed by atoms with Gasteiger partial charge in [0.25, 0.3) is 0 Å². The van der Waals surface area contributed by atoms with E-state index in [1.807, 2.05) is 19.1 Å². The summed E-state index contributed by atoms with van der Waals surface area (Å²) in [7, 11) is 0. The van der Waals surface area contributed by atoms with Crippen LogP contribution in [0.4, 0.5) is 4.79 Å². The number of hydrogen-bond donors (Lipinski definition) is 3. The van der Waals surface area contributed by atoms with Crippen LogP contribution in [0.1, 0.15) is 51.0 Å². The largest absolute Gasteiger partial charge is 0.508 e. The van der Waals surface area contributed by atoms with Gasteiger partial charge in [0.1, 0.15) is 5.75 Å². The van der Waals surface area contributed by atoms with Gasteiger partial charge in [-0.3, -0.25) is 0 Å². The van der Waals surface area contributed by atoms with Crippen LogP contribution in [-0.4, -0.2) is 35.4 Å². The number of aromatic hydroxyl groups is 1. The van der Waals surface area contributed by atoms with Crippen LogP contribution in [0.25, 0.3) is 0 Å². The predicted octanol–water partition coefficient (Wildman–Crippen LogP) is 3.11. The molecule has 2 aliphatic rings. The summed E-state index contributed by atoms with van der Waals surface area (Å²) in [5, 5.41) is 15.5. The third-order valence-corrected chi connectivity index (χ3v) is 5.20. The molecule has 2 fully saturated rings. The Morgan fingerprint density at radius 3 is 2.75 bits per heavy atom.